The predicted molar refractivity (Wildman–Crippen MR) is 124 cm³/mol. The van der Waals surface area contributed by atoms with Gasteiger partial charge in [0.05, 0.1) is 25.7 Å². The lowest BCUT2D eigenvalue weighted by molar-refractivity contribution is -0.984. The monoisotopic (exact) mass is 415 g/mol. The molecule has 0 unspecified atom stereocenters. The van der Waals surface area contributed by atoms with E-state index in [1.54, 1.807) is 7.11 Å². The van der Waals surface area contributed by atoms with Gasteiger partial charge in [0.25, 0.3) is 0 Å². The number of hydrogen-bond acceptors (Lipinski definition) is 3. The van der Waals surface area contributed by atoms with Crippen LogP contribution in [0, 0.1) is 11.8 Å². The van der Waals surface area contributed by atoms with Gasteiger partial charge in [-0.15, -0.1) is 6.58 Å². The molecule has 3 fully saturated rings. The molecule has 4 heterocycles. The molecule has 0 radical (unpaired) electrons. The number of ether oxygens (including phenoxy) is 1. The molecular formula is C27H31N2O2+. The Labute approximate surface area is 184 Å². The van der Waals surface area contributed by atoms with Crippen molar-refractivity contribution in [1.82, 2.24) is 4.98 Å². The largest absolute Gasteiger partial charge is 0.497 e. The topological polar surface area (TPSA) is 42.4 Å². The summed E-state index contributed by atoms with van der Waals surface area (Å²) in [6.07, 6.45) is 5.65. The lowest BCUT2D eigenvalue weighted by atomic mass is 9.71. The van der Waals surface area contributed by atoms with Gasteiger partial charge in [-0.25, -0.2) is 0 Å². The van der Waals surface area contributed by atoms with E-state index < -0.39 is 6.10 Å². The number of hydrogen-bond donors (Lipinski definition) is 1. The second-order valence-corrected chi connectivity index (χ2v) is 9.25. The van der Waals surface area contributed by atoms with Crippen LogP contribution in [0.2, 0.25) is 0 Å². The highest BCUT2D eigenvalue weighted by molar-refractivity contribution is 5.83. The maximum atomic E-state index is 11.8. The van der Waals surface area contributed by atoms with Crippen LogP contribution in [-0.4, -0.2) is 40.8 Å². The minimum Gasteiger partial charge on any atom is -0.497 e. The van der Waals surface area contributed by atoms with Crippen molar-refractivity contribution >= 4 is 10.9 Å². The molecule has 6 rings (SSSR count). The van der Waals surface area contributed by atoms with Crippen molar-refractivity contribution in [2.75, 3.05) is 20.2 Å². The zero-order valence-corrected chi connectivity index (χ0v) is 18.2. The Morgan fingerprint density at radius 1 is 1.23 bits per heavy atom. The molecule has 160 valence electrons. The third-order valence-electron chi connectivity index (χ3n) is 7.68. The fourth-order valence-corrected chi connectivity index (χ4v) is 6.07. The number of piperidine rings is 3. The lowest BCUT2D eigenvalue weighted by Crippen LogP contribution is -2.67. The number of quaternary nitrogens is 1. The van der Waals surface area contributed by atoms with Gasteiger partial charge >= 0.3 is 0 Å². The Hall–Kier alpha value is -2.69. The Balaban J connectivity index is 1.56. The highest BCUT2D eigenvalue weighted by Gasteiger charge is 2.53. The molecule has 3 aliphatic heterocycles. The summed E-state index contributed by atoms with van der Waals surface area (Å²) in [4.78, 5) is 4.52. The van der Waals surface area contributed by atoms with Crippen LogP contribution in [0.15, 0.2) is 73.4 Å². The molecule has 0 saturated carbocycles. The first kappa shape index (κ1) is 20.2. The summed E-state index contributed by atoms with van der Waals surface area (Å²) in [7, 11) is 1.68. The number of aliphatic hydroxyl groups is 1. The minimum absolute atomic E-state index is 0.159. The van der Waals surface area contributed by atoms with Crippen LogP contribution in [0.25, 0.3) is 10.9 Å². The van der Waals surface area contributed by atoms with E-state index in [1.807, 2.05) is 30.5 Å². The van der Waals surface area contributed by atoms with Gasteiger partial charge in [-0.2, -0.15) is 0 Å². The first-order chi connectivity index (χ1) is 15.1. The number of methoxy groups -OCH3 is 1. The molecule has 3 aromatic rings. The summed E-state index contributed by atoms with van der Waals surface area (Å²) >= 11 is 0. The van der Waals surface area contributed by atoms with Crippen molar-refractivity contribution in [3.8, 4) is 5.75 Å². The summed E-state index contributed by atoms with van der Waals surface area (Å²) in [6, 6.07) is 18.8. The summed E-state index contributed by atoms with van der Waals surface area (Å²) in [5, 5.41) is 12.8. The van der Waals surface area contributed by atoms with Crippen LogP contribution in [-0.2, 0) is 6.54 Å². The van der Waals surface area contributed by atoms with Gasteiger partial charge in [-0.3, -0.25) is 4.98 Å². The fraction of sp³-hybridized carbons (Fsp3) is 0.370. The quantitative estimate of drug-likeness (QED) is 0.460. The molecule has 0 aliphatic carbocycles. The van der Waals surface area contributed by atoms with Crippen LogP contribution in [0.4, 0.5) is 0 Å². The first-order valence-corrected chi connectivity index (χ1v) is 11.3. The summed E-state index contributed by atoms with van der Waals surface area (Å²) in [5.41, 5.74) is 3.19. The molecule has 1 aromatic heterocycles. The molecule has 31 heavy (non-hydrogen) atoms. The van der Waals surface area contributed by atoms with Crippen molar-refractivity contribution in [2.45, 2.75) is 31.5 Å². The van der Waals surface area contributed by atoms with Gasteiger partial charge in [0.1, 0.15) is 24.4 Å². The van der Waals surface area contributed by atoms with Crippen LogP contribution >= 0.6 is 0 Å². The number of aromatic nitrogens is 1. The second-order valence-electron chi connectivity index (χ2n) is 9.25. The highest BCUT2D eigenvalue weighted by atomic mass is 16.5. The van der Waals surface area contributed by atoms with Crippen LogP contribution in [0.3, 0.4) is 0 Å². The minimum atomic E-state index is -0.546. The second kappa shape index (κ2) is 8.10. The van der Waals surface area contributed by atoms with E-state index in [4.69, 9.17) is 4.74 Å². The van der Waals surface area contributed by atoms with Crippen molar-refractivity contribution in [1.29, 1.82) is 0 Å². The number of pyridine rings is 1. The first-order valence-electron chi connectivity index (χ1n) is 11.3. The Bertz CT molecular complexity index is 1080. The van der Waals surface area contributed by atoms with E-state index >= 15 is 0 Å². The van der Waals surface area contributed by atoms with E-state index in [-0.39, 0.29) is 6.04 Å². The average molecular weight is 416 g/mol. The summed E-state index contributed by atoms with van der Waals surface area (Å²) in [6.45, 7) is 7.25. The van der Waals surface area contributed by atoms with E-state index in [0.29, 0.717) is 11.8 Å². The Morgan fingerprint density at radius 3 is 2.84 bits per heavy atom. The van der Waals surface area contributed by atoms with Crippen molar-refractivity contribution in [3.05, 3.63) is 84.6 Å². The number of fused-ring (bicyclic) bond motifs is 4. The molecule has 2 bridgehead atoms. The fourth-order valence-electron chi connectivity index (χ4n) is 6.07. The lowest BCUT2D eigenvalue weighted by Gasteiger charge is -2.58. The van der Waals surface area contributed by atoms with Gasteiger partial charge in [0.2, 0.25) is 0 Å². The molecule has 0 amide bonds. The standard InChI is InChI=1S/C27H31N2O2/c1-3-20-18-29(17-19-7-5-4-6-8-19)14-12-21(20)15-26(29)27(30)23-11-13-28-25-10-9-22(31-2)16-24(23)25/h3-11,13,16,20-21,26-27,30H,1,12,14-15,17-18H2,2H3/q+1/t20-,21-,26-,27+,29-/m0/s1. The van der Waals surface area contributed by atoms with E-state index in [2.05, 4.69) is 48.0 Å². The van der Waals surface area contributed by atoms with E-state index in [9.17, 15) is 5.11 Å². The molecule has 4 nitrogen and oxygen atoms in total. The number of aliphatic hydroxyl groups excluding tert-OH is 1. The molecule has 3 saturated heterocycles. The molecular weight excluding hydrogens is 384 g/mol. The maximum Gasteiger partial charge on any atom is 0.131 e. The highest BCUT2D eigenvalue weighted by Crippen LogP contribution is 2.48. The van der Waals surface area contributed by atoms with E-state index in [1.165, 1.54) is 12.0 Å². The third kappa shape index (κ3) is 3.54. The SMILES string of the molecule is C=C[C@H]1C[N@@+]2(Cc3ccccc3)CC[C@H]1C[C@H]2[C@H](O)c1ccnc2ccc(OC)cc12. The molecule has 3 aliphatic rings. The Kier molecular flexibility index (Phi) is 5.28. The normalized spacial score (nSPS) is 28.4. The predicted octanol–water partition coefficient (Wildman–Crippen LogP) is 4.89. The van der Waals surface area contributed by atoms with E-state index in [0.717, 1.165) is 52.8 Å². The van der Waals surface area contributed by atoms with Gasteiger partial charge in [0, 0.05) is 35.9 Å². The number of benzene rings is 2. The number of rotatable bonds is 6. The average Bonchev–Trinajstić information content (AvgIpc) is 2.83. The van der Waals surface area contributed by atoms with Crippen molar-refractivity contribution in [2.24, 2.45) is 11.8 Å². The molecule has 1 N–H and O–H groups in total. The molecule has 0 spiro atoms. The van der Waals surface area contributed by atoms with Gasteiger partial charge in [0.15, 0.2) is 0 Å². The zero-order valence-electron chi connectivity index (χ0n) is 18.2. The van der Waals surface area contributed by atoms with Crippen LogP contribution < -0.4 is 4.74 Å². The smallest absolute Gasteiger partial charge is 0.131 e. The van der Waals surface area contributed by atoms with Crippen LogP contribution in [0.5, 0.6) is 5.75 Å². The van der Waals surface area contributed by atoms with Crippen molar-refractivity contribution in [3.63, 3.8) is 0 Å². The van der Waals surface area contributed by atoms with Crippen molar-refractivity contribution < 1.29 is 14.3 Å². The van der Waals surface area contributed by atoms with Gasteiger partial charge in [-0.1, -0.05) is 36.4 Å². The third-order valence-corrected chi connectivity index (χ3v) is 7.68. The summed E-state index contributed by atoms with van der Waals surface area (Å²) in [5.74, 6) is 1.92. The van der Waals surface area contributed by atoms with Gasteiger partial charge < -0.3 is 14.3 Å². The van der Waals surface area contributed by atoms with Crippen LogP contribution in [0.1, 0.15) is 30.1 Å². The molecule has 2 aromatic carbocycles. The number of nitrogens with zero attached hydrogens (tertiary/aromatic N) is 2. The molecule has 5 atom stereocenters. The Morgan fingerprint density at radius 2 is 2.06 bits per heavy atom. The van der Waals surface area contributed by atoms with Gasteiger partial charge in [-0.05, 0) is 35.7 Å². The summed E-state index contributed by atoms with van der Waals surface area (Å²) < 4.78 is 6.38. The maximum absolute atomic E-state index is 11.8. The zero-order chi connectivity index (χ0) is 21.4. The molecule has 4 heteroatoms.